The molecule has 3 aliphatic rings. The van der Waals surface area contributed by atoms with Crippen LogP contribution >= 0.6 is 0 Å². The lowest BCUT2D eigenvalue weighted by Crippen LogP contribution is -2.67. The second-order valence-electron chi connectivity index (χ2n) is 38.7. The molecule has 0 bridgehead atoms. The van der Waals surface area contributed by atoms with Gasteiger partial charge in [0.25, 0.3) is 5.91 Å². The van der Waals surface area contributed by atoms with E-state index in [0.29, 0.717) is 59.4 Å². The summed E-state index contributed by atoms with van der Waals surface area (Å²) >= 11 is 0. The van der Waals surface area contributed by atoms with Gasteiger partial charge in [-0.25, -0.2) is 19.2 Å². The molecule has 3 fully saturated rings. The number of ether oxygens (including phenoxy) is 5. The number of imide groups is 1. The smallest absolute Gasteiger partial charge is 0.410 e. The van der Waals surface area contributed by atoms with E-state index in [9.17, 15) is 33.6 Å². The Bertz CT molecular complexity index is 5100. The predicted molar refractivity (Wildman–Crippen MR) is 492 cm³/mol. The fourth-order valence-corrected chi connectivity index (χ4v) is 16.0. The zero-order valence-corrected chi connectivity index (χ0v) is 78.0. The Hall–Kier alpha value is -12.3. The molecule has 2 saturated heterocycles. The monoisotopic (exact) mass is 1770 g/mol. The number of methoxy groups -OCH3 is 1. The van der Waals surface area contributed by atoms with Crippen molar-refractivity contribution in [1.82, 2.24) is 51.9 Å². The number of esters is 1. The minimum Gasteiger partial charge on any atom is -0.490 e. The quantitative estimate of drug-likeness (QED) is 0.00824. The van der Waals surface area contributed by atoms with E-state index in [-0.39, 0.29) is 82.6 Å². The maximum atomic E-state index is 15.6. The van der Waals surface area contributed by atoms with E-state index < -0.39 is 164 Å². The average molecular weight is 1780 g/mol. The van der Waals surface area contributed by atoms with Crippen LogP contribution < -0.4 is 46.7 Å². The number of likely N-dealkylation sites (N-methyl/N-ethyl adjacent to an activating group) is 3. The Labute approximate surface area is 757 Å². The highest BCUT2D eigenvalue weighted by atomic mass is 16.6. The Balaban J connectivity index is 0.931. The molecule has 694 valence electrons. The van der Waals surface area contributed by atoms with E-state index in [1.807, 2.05) is 91.0 Å². The molecule has 29 nitrogen and oxygen atoms in total. The first-order chi connectivity index (χ1) is 60.7. The van der Waals surface area contributed by atoms with Gasteiger partial charge in [0, 0.05) is 64.6 Å². The van der Waals surface area contributed by atoms with Gasteiger partial charge in [-0.2, -0.15) is 0 Å². The number of carbonyl (C=O) groups excluding carboxylic acids is 13. The third kappa shape index (κ3) is 28.1. The summed E-state index contributed by atoms with van der Waals surface area (Å²) in [6.07, 6.45) is 7.57. The summed E-state index contributed by atoms with van der Waals surface area (Å²) in [5.74, 6) is -7.06. The standard InChI is InChI=1S/C100H131N11O18/c1-21-29-68-58-81(111(19,60-68)93(121)83(98(8,9)10)106-85(113)62(4)109(18)96(124)129-100(14,15)16)91(119)103-78(56-66-36-42-70-32-24-26-34-73(70)52-66)88(116)104-79(94(122)125-20)54-64-39-47-75(48-40-64)127-50-28-27-30-67-57-80(110(59-67)92(120)82(97(5,6)7)105-84(112)61(3)108(17)95(123)128-99(11,12)13)90(118)102-77(55-65-35-41-69-31-23-25-33-72(69)51-65)87(115)101-76(89(117)107-86(114)71-43-44-71)53-63-37-45-74(46-38-63)126-49-22-2/h21-28,31-42,45-48,51-52,61-62,67-68,71,76-83H,1-2,29-30,43-44,49-50,53-60H2,3-20H3,(H6-,101,102,103,104,105,106,107,112,113,114,115,116,117,118,119)/p+1. The van der Waals surface area contributed by atoms with E-state index >= 15 is 28.8 Å². The minimum atomic E-state index is -1.37. The summed E-state index contributed by atoms with van der Waals surface area (Å²) in [5, 5.41) is 23.7. The number of amides is 12. The Morgan fingerprint density at radius 1 is 0.481 bits per heavy atom. The van der Waals surface area contributed by atoms with E-state index in [0.717, 1.165) is 31.3 Å². The van der Waals surface area contributed by atoms with Gasteiger partial charge >= 0.3 is 24.1 Å². The molecule has 6 aromatic carbocycles. The summed E-state index contributed by atoms with van der Waals surface area (Å²) in [7, 11) is 5.71. The molecule has 12 amide bonds. The number of allylic oxidation sites excluding steroid dienone is 2. The number of hydrogen-bond acceptors (Lipinski definition) is 18. The van der Waals surface area contributed by atoms with Crippen LogP contribution in [0.4, 0.5) is 9.59 Å². The van der Waals surface area contributed by atoms with Crippen LogP contribution in [0.3, 0.4) is 0 Å². The van der Waals surface area contributed by atoms with Gasteiger partial charge in [-0.3, -0.25) is 62.8 Å². The third-order valence-corrected chi connectivity index (χ3v) is 23.7. The van der Waals surface area contributed by atoms with Crippen LogP contribution in [0.15, 0.2) is 171 Å². The molecule has 2 heterocycles. The normalized spacial score (nSPS) is 18.9. The molecule has 0 spiro atoms. The zero-order chi connectivity index (χ0) is 94.8. The number of hydrogen-bond donors (Lipinski definition) is 7. The van der Waals surface area contributed by atoms with Gasteiger partial charge in [-0.1, -0.05) is 182 Å². The molecule has 0 aromatic heterocycles. The topological polar surface area (TPSA) is 362 Å². The summed E-state index contributed by atoms with van der Waals surface area (Å²) in [5.41, 5.74) is -1.06. The van der Waals surface area contributed by atoms with E-state index in [2.05, 4.69) is 50.4 Å². The summed E-state index contributed by atoms with van der Waals surface area (Å²) in [6, 6.07) is 28.2. The van der Waals surface area contributed by atoms with Crippen LogP contribution in [0.5, 0.6) is 11.5 Å². The van der Waals surface area contributed by atoms with Crippen molar-refractivity contribution in [3.63, 3.8) is 0 Å². The molecule has 129 heavy (non-hydrogen) atoms. The summed E-state index contributed by atoms with van der Waals surface area (Å²) in [6.45, 7) is 32.1. The van der Waals surface area contributed by atoms with Gasteiger partial charge in [0.05, 0.1) is 20.7 Å². The van der Waals surface area contributed by atoms with Gasteiger partial charge in [-0.05, 0) is 172 Å². The molecule has 9 rings (SSSR count). The number of benzene rings is 6. The number of quaternary nitrogens is 1. The van der Waals surface area contributed by atoms with E-state index in [4.69, 9.17) is 23.7 Å². The second-order valence-corrected chi connectivity index (χ2v) is 38.7. The van der Waals surface area contributed by atoms with Crippen molar-refractivity contribution in [3.05, 3.63) is 193 Å². The van der Waals surface area contributed by atoms with E-state index in [1.165, 1.54) is 40.0 Å². The molecule has 1 saturated carbocycles. The predicted octanol–water partition coefficient (Wildman–Crippen LogP) is 11.0. The second kappa shape index (κ2) is 43.7. The summed E-state index contributed by atoms with van der Waals surface area (Å²) < 4.78 is 27.9. The zero-order valence-electron chi connectivity index (χ0n) is 78.0. The first-order valence-corrected chi connectivity index (χ1v) is 44.3. The number of rotatable bonds is 37. The molecule has 29 heteroatoms. The number of nitrogens with zero attached hydrogens (tertiary/aromatic N) is 4. The molecule has 13 unspecified atom stereocenters. The van der Waals surface area contributed by atoms with Crippen molar-refractivity contribution < 1.29 is 90.5 Å². The largest absolute Gasteiger partial charge is 0.490 e. The van der Waals surface area contributed by atoms with Gasteiger partial charge in [-0.15, -0.1) is 6.58 Å². The number of nitrogens with one attached hydrogen (secondary N) is 7. The van der Waals surface area contributed by atoms with Gasteiger partial charge in [0.1, 0.15) is 90.3 Å². The van der Waals surface area contributed by atoms with Gasteiger partial charge < -0.3 is 60.5 Å². The van der Waals surface area contributed by atoms with Crippen LogP contribution in [0, 0.1) is 28.6 Å². The first kappa shape index (κ1) is 100. The summed E-state index contributed by atoms with van der Waals surface area (Å²) in [4.78, 5) is 192. The average Bonchev–Trinajstić information content (AvgIpc) is 1.60. The van der Waals surface area contributed by atoms with Crippen molar-refractivity contribution >= 4 is 98.8 Å². The number of likely N-dealkylation sites (tertiary alicyclic amines) is 2. The van der Waals surface area contributed by atoms with Crippen LogP contribution in [0.2, 0.25) is 0 Å². The molecular weight excluding hydrogens is 1640 g/mol. The molecule has 2 aliphatic heterocycles. The Morgan fingerprint density at radius 2 is 0.922 bits per heavy atom. The maximum absolute atomic E-state index is 15.6. The van der Waals surface area contributed by atoms with Crippen molar-refractivity contribution in [3.8, 4) is 11.5 Å². The van der Waals surface area contributed by atoms with Gasteiger partial charge in [0.2, 0.25) is 47.3 Å². The molecular formula is C100H132N11O18+. The van der Waals surface area contributed by atoms with Crippen molar-refractivity contribution in [2.75, 3.05) is 54.6 Å². The lowest BCUT2D eigenvalue weighted by atomic mass is 9.84. The Morgan fingerprint density at radius 3 is 1.39 bits per heavy atom. The van der Waals surface area contributed by atoms with Gasteiger partial charge in [0.15, 0.2) is 6.04 Å². The third-order valence-electron chi connectivity index (χ3n) is 23.7. The van der Waals surface area contributed by atoms with Crippen LogP contribution in [-0.2, 0) is 92.6 Å². The highest BCUT2D eigenvalue weighted by Gasteiger charge is 2.57. The van der Waals surface area contributed by atoms with Crippen molar-refractivity contribution in [1.29, 1.82) is 0 Å². The molecule has 7 N–H and O–H groups in total. The molecule has 6 aromatic rings. The van der Waals surface area contributed by atoms with Crippen LogP contribution in [0.25, 0.3) is 21.5 Å². The minimum absolute atomic E-state index is 0.0165. The maximum Gasteiger partial charge on any atom is 0.410 e. The lowest BCUT2D eigenvalue weighted by Gasteiger charge is -2.40. The first-order valence-electron chi connectivity index (χ1n) is 44.3. The van der Waals surface area contributed by atoms with Crippen LogP contribution in [0.1, 0.15) is 158 Å². The number of fused-ring (bicyclic) bond motifs is 2. The fourth-order valence-electron chi connectivity index (χ4n) is 16.0. The lowest BCUT2D eigenvalue weighted by molar-refractivity contribution is -0.840. The Kier molecular flexibility index (Phi) is 34.0. The SMILES string of the molecule is C=CCOc1ccc(CC(NC(=O)C(Cc2ccc3ccccc3c2)NC(=O)C2CC(CC=CCOc3ccc(CC(NC(=O)C(Cc4ccc5ccccc5c4)NC(=O)C4CC(CC=C)C[N+]4(C)C(=O)C(NC(=O)C(C)N(C)C(=O)OC(C)(C)C)C(C)(C)C)C(=O)OC)cc3)CN2C(=O)C(NC(=O)C(C)N(C)C(=O)OC(C)(C)C)C(C)(C)C)C(=O)NC(=O)C2CC2)cc1. The molecule has 1 aliphatic carbocycles. The highest BCUT2D eigenvalue weighted by molar-refractivity contribution is 6.02. The van der Waals surface area contributed by atoms with E-state index in [1.54, 1.807) is 157 Å². The van der Waals surface area contributed by atoms with Crippen molar-refractivity contribution in [2.24, 2.45) is 28.6 Å². The molecule has 0 radical (unpaired) electrons. The number of carbonyl (C=O) groups is 13. The van der Waals surface area contributed by atoms with Crippen molar-refractivity contribution in [2.45, 2.75) is 233 Å². The fraction of sp³-hybridized carbons (Fsp3) is 0.490. The highest BCUT2D eigenvalue weighted by Crippen LogP contribution is 2.38. The molecule has 13 atom stereocenters. The van der Waals surface area contributed by atoms with Crippen LogP contribution in [-0.4, -0.2) is 223 Å².